The highest BCUT2D eigenvalue weighted by Gasteiger charge is 2.16. The van der Waals surface area contributed by atoms with Crippen LogP contribution in [0.15, 0.2) is 65.5 Å². The van der Waals surface area contributed by atoms with Crippen LogP contribution in [0.2, 0.25) is 10.0 Å². The molecular formula is C19H15Cl2N3O2. The number of para-hydroxylation sites is 1. The number of rotatable bonds is 4. The van der Waals surface area contributed by atoms with Crippen LogP contribution >= 0.6 is 23.2 Å². The molecule has 0 bridgehead atoms. The first-order valence-electron chi connectivity index (χ1n) is 7.87. The van der Waals surface area contributed by atoms with E-state index in [1.165, 1.54) is 16.8 Å². The molecule has 1 N–H and O–H groups in total. The molecule has 132 valence electrons. The number of halogens is 2. The van der Waals surface area contributed by atoms with Crippen molar-refractivity contribution in [3.05, 3.63) is 92.3 Å². The summed E-state index contributed by atoms with van der Waals surface area (Å²) in [6, 6.07) is 16.3. The minimum Gasteiger partial charge on any atom is -0.344 e. The average molecular weight is 388 g/mol. The van der Waals surface area contributed by atoms with Gasteiger partial charge in [0, 0.05) is 16.1 Å². The van der Waals surface area contributed by atoms with Gasteiger partial charge in [-0.2, -0.15) is 9.78 Å². The van der Waals surface area contributed by atoms with Crippen LogP contribution in [0, 0.1) is 0 Å². The van der Waals surface area contributed by atoms with Gasteiger partial charge in [-0.05, 0) is 42.8 Å². The van der Waals surface area contributed by atoms with Gasteiger partial charge in [0.2, 0.25) is 0 Å². The molecule has 0 unspecified atom stereocenters. The van der Waals surface area contributed by atoms with E-state index >= 15 is 0 Å². The van der Waals surface area contributed by atoms with E-state index < -0.39 is 5.91 Å². The lowest BCUT2D eigenvalue weighted by Gasteiger charge is -2.16. The summed E-state index contributed by atoms with van der Waals surface area (Å²) in [5.74, 6) is -0.409. The van der Waals surface area contributed by atoms with Gasteiger partial charge in [0.1, 0.15) is 5.69 Å². The topological polar surface area (TPSA) is 64.0 Å². The van der Waals surface area contributed by atoms with Crippen molar-refractivity contribution in [1.29, 1.82) is 0 Å². The Morgan fingerprint density at radius 2 is 1.81 bits per heavy atom. The third kappa shape index (κ3) is 3.95. The lowest BCUT2D eigenvalue weighted by atomic mass is 10.1. The van der Waals surface area contributed by atoms with E-state index in [0.29, 0.717) is 15.7 Å². The summed E-state index contributed by atoms with van der Waals surface area (Å²) < 4.78 is 1.19. The fourth-order valence-electron chi connectivity index (χ4n) is 2.49. The van der Waals surface area contributed by atoms with Gasteiger partial charge in [-0.1, -0.05) is 47.5 Å². The zero-order valence-electron chi connectivity index (χ0n) is 13.8. The van der Waals surface area contributed by atoms with Crippen molar-refractivity contribution in [2.24, 2.45) is 0 Å². The molecule has 0 spiro atoms. The van der Waals surface area contributed by atoms with Gasteiger partial charge in [-0.25, -0.2) is 0 Å². The zero-order chi connectivity index (χ0) is 18.7. The molecule has 0 fully saturated rings. The Kier molecular flexibility index (Phi) is 5.40. The molecule has 1 aromatic heterocycles. The second-order valence-electron chi connectivity index (χ2n) is 5.67. The Balaban J connectivity index is 1.85. The molecule has 3 aromatic rings. The molecule has 26 heavy (non-hydrogen) atoms. The van der Waals surface area contributed by atoms with E-state index in [2.05, 4.69) is 10.4 Å². The van der Waals surface area contributed by atoms with E-state index in [-0.39, 0.29) is 17.3 Å². The quantitative estimate of drug-likeness (QED) is 0.734. The monoisotopic (exact) mass is 387 g/mol. The minimum atomic E-state index is -0.409. The lowest BCUT2D eigenvalue weighted by molar-refractivity contribution is 0.0933. The van der Waals surface area contributed by atoms with Crippen LogP contribution in [0.1, 0.15) is 29.0 Å². The SMILES string of the molecule is C[C@@H](NC(=O)c1ccc(=O)n(-c2ccccc2)n1)c1ccc(Cl)cc1Cl. The van der Waals surface area contributed by atoms with Crippen LogP contribution in [0.5, 0.6) is 0 Å². The lowest BCUT2D eigenvalue weighted by Crippen LogP contribution is -2.30. The third-order valence-electron chi connectivity index (χ3n) is 3.81. The van der Waals surface area contributed by atoms with Crippen LogP contribution in [0.25, 0.3) is 5.69 Å². The Bertz CT molecular complexity index is 1000. The first kappa shape index (κ1) is 18.2. The van der Waals surface area contributed by atoms with Gasteiger partial charge < -0.3 is 5.32 Å². The standard InChI is InChI=1S/C19H15Cl2N3O2/c1-12(15-8-7-13(20)11-16(15)21)22-19(26)17-9-10-18(25)24(23-17)14-5-3-2-4-6-14/h2-12H,1H3,(H,22,26)/t12-/m1/s1. The summed E-state index contributed by atoms with van der Waals surface area (Å²) in [4.78, 5) is 24.6. The molecule has 0 aliphatic rings. The van der Waals surface area contributed by atoms with Crippen molar-refractivity contribution >= 4 is 29.1 Å². The molecule has 5 nitrogen and oxygen atoms in total. The summed E-state index contributed by atoms with van der Waals surface area (Å²) in [5, 5.41) is 7.98. The van der Waals surface area contributed by atoms with E-state index in [1.807, 2.05) is 6.07 Å². The summed E-state index contributed by atoms with van der Waals surface area (Å²) in [6.07, 6.45) is 0. The maximum absolute atomic E-state index is 12.5. The van der Waals surface area contributed by atoms with Crippen LogP contribution in [-0.2, 0) is 0 Å². The van der Waals surface area contributed by atoms with Gasteiger partial charge in [0.15, 0.2) is 0 Å². The van der Waals surface area contributed by atoms with E-state index in [1.54, 1.807) is 49.4 Å². The molecule has 0 aliphatic heterocycles. The van der Waals surface area contributed by atoms with Crippen LogP contribution in [0.4, 0.5) is 0 Å². The van der Waals surface area contributed by atoms with Crippen LogP contribution in [-0.4, -0.2) is 15.7 Å². The molecular weight excluding hydrogens is 373 g/mol. The molecule has 1 atom stereocenters. The molecule has 0 saturated carbocycles. The largest absolute Gasteiger partial charge is 0.344 e. The molecule has 0 aliphatic carbocycles. The number of amides is 1. The number of hydrogen-bond acceptors (Lipinski definition) is 3. The predicted molar refractivity (Wildman–Crippen MR) is 102 cm³/mol. The number of aromatic nitrogens is 2. The van der Waals surface area contributed by atoms with E-state index in [9.17, 15) is 9.59 Å². The molecule has 0 radical (unpaired) electrons. The van der Waals surface area contributed by atoms with Crippen LogP contribution < -0.4 is 10.9 Å². The van der Waals surface area contributed by atoms with E-state index in [0.717, 1.165) is 5.56 Å². The summed E-state index contributed by atoms with van der Waals surface area (Å²) in [5.41, 5.74) is 1.13. The first-order chi connectivity index (χ1) is 12.5. The molecule has 1 heterocycles. The number of benzene rings is 2. The Labute approximate surface area is 160 Å². The number of nitrogens with zero attached hydrogens (tertiary/aromatic N) is 2. The summed E-state index contributed by atoms with van der Waals surface area (Å²) in [7, 11) is 0. The molecule has 0 saturated heterocycles. The minimum absolute atomic E-state index is 0.130. The second-order valence-corrected chi connectivity index (χ2v) is 6.51. The molecule has 7 heteroatoms. The van der Waals surface area contributed by atoms with Crippen molar-refractivity contribution in [3.8, 4) is 5.69 Å². The average Bonchev–Trinajstić information content (AvgIpc) is 2.62. The highest BCUT2D eigenvalue weighted by atomic mass is 35.5. The van der Waals surface area contributed by atoms with Gasteiger partial charge >= 0.3 is 0 Å². The number of carbonyl (C=O) groups excluding carboxylic acids is 1. The molecule has 1 amide bonds. The Hall–Kier alpha value is -2.63. The highest BCUT2D eigenvalue weighted by Crippen LogP contribution is 2.26. The third-order valence-corrected chi connectivity index (χ3v) is 4.37. The summed E-state index contributed by atoms with van der Waals surface area (Å²) in [6.45, 7) is 1.81. The van der Waals surface area contributed by atoms with Gasteiger partial charge in [0.05, 0.1) is 11.7 Å². The number of carbonyl (C=O) groups is 1. The van der Waals surface area contributed by atoms with Gasteiger partial charge in [0.25, 0.3) is 11.5 Å². The van der Waals surface area contributed by atoms with Crippen molar-refractivity contribution in [3.63, 3.8) is 0 Å². The van der Waals surface area contributed by atoms with Crippen molar-refractivity contribution in [1.82, 2.24) is 15.1 Å². The van der Waals surface area contributed by atoms with Gasteiger partial charge in [-0.15, -0.1) is 0 Å². The number of hydrogen-bond donors (Lipinski definition) is 1. The van der Waals surface area contributed by atoms with Crippen molar-refractivity contribution < 1.29 is 4.79 Å². The van der Waals surface area contributed by atoms with Crippen LogP contribution in [0.3, 0.4) is 0 Å². The Morgan fingerprint density at radius 1 is 1.08 bits per heavy atom. The highest BCUT2D eigenvalue weighted by molar-refractivity contribution is 6.35. The predicted octanol–water partition coefficient (Wildman–Crippen LogP) is 4.03. The van der Waals surface area contributed by atoms with Crippen molar-refractivity contribution in [2.75, 3.05) is 0 Å². The first-order valence-corrected chi connectivity index (χ1v) is 8.63. The number of nitrogens with one attached hydrogen (secondary N) is 1. The normalized spacial score (nSPS) is 11.8. The second kappa shape index (κ2) is 7.72. The fourth-order valence-corrected chi connectivity index (χ4v) is 3.06. The zero-order valence-corrected chi connectivity index (χ0v) is 15.3. The summed E-state index contributed by atoms with van der Waals surface area (Å²) >= 11 is 12.1. The fraction of sp³-hybridized carbons (Fsp3) is 0.105. The van der Waals surface area contributed by atoms with Gasteiger partial charge in [-0.3, -0.25) is 9.59 Å². The smallest absolute Gasteiger partial charge is 0.272 e. The maximum atomic E-state index is 12.5. The Morgan fingerprint density at radius 3 is 2.50 bits per heavy atom. The maximum Gasteiger partial charge on any atom is 0.272 e. The molecule has 3 rings (SSSR count). The van der Waals surface area contributed by atoms with E-state index in [4.69, 9.17) is 23.2 Å². The van der Waals surface area contributed by atoms with Crippen molar-refractivity contribution in [2.45, 2.75) is 13.0 Å². The molecule has 2 aromatic carbocycles.